The number of hydrogen-bond acceptors (Lipinski definition) is 6. The molecule has 2 N–H and O–H groups in total. The van der Waals surface area contributed by atoms with Gasteiger partial charge in [0.15, 0.2) is 0 Å². The van der Waals surface area contributed by atoms with Crippen molar-refractivity contribution in [3.63, 3.8) is 0 Å². The van der Waals surface area contributed by atoms with Gasteiger partial charge in [-0.3, -0.25) is 0 Å². The van der Waals surface area contributed by atoms with E-state index in [2.05, 4.69) is 4.74 Å². The van der Waals surface area contributed by atoms with E-state index in [1.54, 1.807) is 0 Å². The minimum Gasteiger partial charge on any atom is -0.611 e. The summed E-state index contributed by atoms with van der Waals surface area (Å²) in [5.74, 6) is -0.620. The summed E-state index contributed by atoms with van der Waals surface area (Å²) in [4.78, 5) is 11.4. The van der Waals surface area contributed by atoms with Crippen molar-refractivity contribution in [2.45, 2.75) is 4.21 Å². The number of carbonyl (C=O) groups excluding carboxylic acids is 1. The zero-order valence-corrected chi connectivity index (χ0v) is 9.70. The highest BCUT2D eigenvalue weighted by Gasteiger charge is 2.26. The second kappa shape index (κ2) is 4.53. The second-order valence-electron chi connectivity index (χ2n) is 2.56. The molecule has 0 bridgehead atoms. The van der Waals surface area contributed by atoms with Gasteiger partial charge in [-0.15, -0.1) is 0 Å². The van der Waals surface area contributed by atoms with Gasteiger partial charge in [-0.1, -0.05) is 11.3 Å². The zero-order chi connectivity index (χ0) is 11.6. The van der Waals surface area contributed by atoms with Crippen LogP contribution >= 0.6 is 11.3 Å². The largest absolute Gasteiger partial charge is 0.611 e. The summed E-state index contributed by atoms with van der Waals surface area (Å²) in [6, 6.07) is 1.83. The van der Waals surface area contributed by atoms with Gasteiger partial charge in [0, 0.05) is 0 Å². The van der Waals surface area contributed by atoms with Gasteiger partial charge in [-0.2, -0.15) is 5.26 Å². The van der Waals surface area contributed by atoms with Crippen LogP contribution in [0.5, 0.6) is 0 Å². The van der Waals surface area contributed by atoms with Crippen molar-refractivity contribution in [2.24, 2.45) is 0 Å². The van der Waals surface area contributed by atoms with Crippen LogP contribution in [0.2, 0.25) is 0 Å². The molecule has 1 unspecified atom stereocenters. The summed E-state index contributed by atoms with van der Waals surface area (Å²) in [5.41, 5.74) is 5.72. The van der Waals surface area contributed by atoms with Crippen LogP contribution in [0.15, 0.2) is 4.21 Å². The molecular weight excluding hydrogens is 236 g/mol. The second-order valence-corrected chi connectivity index (χ2v) is 5.16. The number of anilines is 1. The first-order valence-corrected chi connectivity index (χ1v) is 6.14. The molecule has 0 radical (unpaired) electrons. The van der Waals surface area contributed by atoms with Crippen LogP contribution in [0, 0.1) is 11.3 Å². The molecule has 1 atom stereocenters. The van der Waals surface area contributed by atoms with Gasteiger partial charge in [0.05, 0.1) is 12.8 Å². The summed E-state index contributed by atoms with van der Waals surface area (Å²) in [5, 5.41) is 8.81. The third-order valence-corrected chi connectivity index (χ3v) is 4.32. The van der Waals surface area contributed by atoms with E-state index in [1.807, 2.05) is 6.07 Å². The molecule has 80 valence electrons. The van der Waals surface area contributed by atoms with Crippen LogP contribution in [0.25, 0.3) is 0 Å². The molecule has 1 aromatic rings. The molecule has 0 spiro atoms. The number of nitrogens with two attached hydrogens (primary N) is 1. The minimum atomic E-state index is -1.34. The standard InChI is InChI=1S/C8H8N2O3S2/c1-13-7(11)6-5(10)4(3-9)8(14-6)15(2)12/h10H2,1-2H3. The number of nitriles is 1. The average molecular weight is 244 g/mol. The molecule has 1 heterocycles. The van der Waals surface area contributed by atoms with E-state index < -0.39 is 17.1 Å². The number of esters is 1. The Labute approximate surface area is 93.6 Å². The lowest BCUT2D eigenvalue weighted by molar-refractivity contribution is 0.0607. The highest BCUT2D eigenvalue weighted by molar-refractivity contribution is 7.92. The molecule has 0 saturated carbocycles. The summed E-state index contributed by atoms with van der Waals surface area (Å²) < 4.78 is 16.1. The average Bonchev–Trinajstić information content (AvgIpc) is 2.54. The van der Waals surface area contributed by atoms with Crippen molar-refractivity contribution in [3.8, 4) is 6.07 Å². The van der Waals surface area contributed by atoms with Gasteiger partial charge >= 0.3 is 5.97 Å². The first kappa shape index (κ1) is 11.8. The van der Waals surface area contributed by atoms with Crippen molar-refractivity contribution >= 4 is 34.2 Å². The molecule has 0 amide bonds. The number of hydrogen-bond donors (Lipinski definition) is 1. The maximum atomic E-state index is 11.3. The lowest BCUT2D eigenvalue weighted by Gasteiger charge is -1.99. The number of rotatable bonds is 2. The van der Waals surface area contributed by atoms with Gasteiger partial charge in [-0.25, -0.2) is 4.79 Å². The SMILES string of the molecule is COC(=O)c1sc([S+](C)[O-])c(C#N)c1N. The number of methoxy groups -OCH3 is 1. The highest BCUT2D eigenvalue weighted by atomic mass is 32.2. The first-order chi connectivity index (χ1) is 7.02. The van der Waals surface area contributed by atoms with E-state index in [4.69, 9.17) is 11.0 Å². The van der Waals surface area contributed by atoms with E-state index in [1.165, 1.54) is 13.4 Å². The Morgan fingerprint density at radius 3 is 2.67 bits per heavy atom. The molecule has 0 aliphatic heterocycles. The zero-order valence-electron chi connectivity index (χ0n) is 8.07. The Hall–Kier alpha value is -1.23. The van der Waals surface area contributed by atoms with Crippen molar-refractivity contribution in [3.05, 3.63) is 10.4 Å². The van der Waals surface area contributed by atoms with Crippen LogP contribution < -0.4 is 5.73 Å². The van der Waals surface area contributed by atoms with Gasteiger partial charge < -0.3 is 15.0 Å². The molecule has 0 saturated heterocycles. The normalized spacial score (nSPS) is 11.9. The number of carbonyl (C=O) groups is 1. The molecule has 0 aliphatic rings. The maximum absolute atomic E-state index is 11.3. The maximum Gasteiger partial charge on any atom is 0.350 e. The van der Waals surface area contributed by atoms with Crippen molar-refractivity contribution in [2.75, 3.05) is 19.1 Å². The Balaban J connectivity index is 3.35. The molecule has 5 nitrogen and oxygen atoms in total. The van der Waals surface area contributed by atoms with E-state index in [0.29, 0.717) is 4.21 Å². The summed E-state index contributed by atoms with van der Waals surface area (Å²) >= 11 is -0.411. The third kappa shape index (κ3) is 2.07. The number of nitrogens with zero attached hydrogens (tertiary/aromatic N) is 1. The summed E-state index contributed by atoms with van der Waals surface area (Å²) in [7, 11) is 1.22. The van der Waals surface area contributed by atoms with E-state index >= 15 is 0 Å². The molecule has 0 fully saturated rings. The quantitative estimate of drug-likeness (QED) is 0.610. The van der Waals surface area contributed by atoms with Crippen LogP contribution in [0.4, 0.5) is 5.69 Å². The van der Waals surface area contributed by atoms with E-state index in [9.17, 15) is 9.35 Å². The number of nitrogen functional groups attached to an aromatic ring is 1. The van der Waals surface area contributed by atoms with Crippen LogP contribution in [0.3, 0.4) is 0 Å². The molecule has 0 aromatic carbocycles. The van der Waals surface area contributed by atoms with Gasteiger partial charge in [-0.05, 0) is 11.2 Å². The molecule has 1 aromatic heterocycles. The van der Waals surface area contributed by atoms with E-state index in [-0.39, 0.29) is 16.1 Å². The van der Waals surface area contributed by atoms with Crippen LogP contribution in [-0.4, -0.2) is 23.9 Å². The number of ether oxygens (including phenoxy) is 1. The van der Waals surface area contributed by atoms with Crippen molar-refractivity contribution in [1.29, 1.82) is 5.26 Å². The van der Waals surface area contributed by atoms with Gasteiger partial charge in [0.25, 0.3) is 0 Å². The highest BCUT2D eigenvalue weighted by Crippen LogP contribution is 2.34. The van der Waals surface area contributed by atoms with Crippen LogP contribution in [0.1, 0.15) is 15.2 Å². The number of thiophene rings is 1. The summed E-state index contributed by atoms with van der Waals surface area (Å²) in [6.07, 6.45) is 1.42. The van der Waals surface area contributed by atoms with Gasteiger partial charge in [0.2, 0.25) is 4.21 Å². The lowest BCUT2D eigenvalue weighted by Crippen LogP contribution is -2.02. The lowest BCUT2D eigenvalue weighted by atomic mass is 10.3. The predicted octanol–water partition coefficient (Wildman–Crippen LogP) is 0.726. The van der Waals surface area contributed by atoms with Crippen molar-refractivity contribution in [1.82, 2.24) is 0 Å². The fourth-order valence-corrected chi connectivity index (χ4v) is 2.96. The fourth-order valence-electron chi connectivity index (χ4n) is 0.975. The molecule has 7 heteroatoms. The van der Waals surface area contributed by atoms with Gasteiger partial charge in [0.1, 0.15) is 22.8 Å². The minimum absolute atomic E-state index is 0.0413. The first-order valence-electron chi connectivity index (χ1n) is 3.77. The Morgan fingerprint density at radius 1 is 1.73 bits per heavy atom. The molecule has 15 heavy (non-hydrogen) atoms. The Morgan fingerprint density at radius 2 is 2.33 bits per heavy atom. The monoisotopic (exact) mass is 244 g/mol. The molecule has 0 aliphatic carbocycles. The Bertz CT molecular complexity index is 434. The molecular formula is C8H8N2O3S2. The Kier molecular flexibility index (Phi) is 3.57. The molecule has 1 rings (SSSR count). The van der Waals surface area contributed by atoms with Crippen molar-refractivity contribution < 1.29 is 14.1 Å². The van der Waals surface area contributed by atoms with Crippen LogP contribution in [-0.2, 0) is 15.9 Å². The smallest absolute Gasteiger partial charge is 0.350 e. The predicted molar refractivity (Wildman–Crippen MR) is 57.1 cm³/mol. The topological polar surface area (TPSA) is 99.2 Å². The third-order valence-electron chi connectivity index (χ3n) is 1.66. The fraction of sp³-hybridized carbons (Fsp3) is 0.250. The van der Waals surface area contributed by atoms with E-state index in [0.717, 1.165) is 11.3 Å². The summed E-state index contributed by atoms with van der Waals surface area (Å²) in [6.45, 7) is 0.